The smallest absolute Gasteiger partial charge is 0.315 e. The summed E-state index contributed by atoms with van der Waals surface area (Å²) in [6, 6.07) is 0.170. The van der Waals surface area contributed by atoms with E-state index in [1.165, 1.54) is 12.8 Å². The van der Waals surface area contributed by atoms with Crippen LogP contribution in [0.2, 0.25) is 0 Å². The molecule has 4 heteroatoms. The lowest BCUT2D eigenvalue weighted by Crippen LogP contribution is -2.44. The van der Waals surface area contributed by atoms with E-state index in [1.807, 2.05) is 0 Å². The third-order valence-corrected chi connectivity index (χ3v) is 2.75. The van der Waals surface area contributed by atoms with Gasteiger partial charge < -0.3 is 15.7 Å². The number of hydrogen-bond donors (Lipinski definition) is 3. The number of aliphatic hydroxyl groups is 1. The molecule has 0 aromatic heterocycles. The summed E-state index contributed by atoms with van der Waals surface area (Å²) in [7, 11) is 0. The van der Waals surface area contributed by atoms with Gasteiger partial charge in [0.15, 0.2) is 0 Å². The SMILES string of the molecule is CC1CCC(NC(=O)NCCO)CC1. The first-order valence-corrected chi connectivity index (χ1v) is 5.37. The van der Waals surface area contributed by atoms with E-state index in [1.54, 1.807) is 0 Å². The number of rotatable bonds is 3. The normalized spacial score (nSPS) is 27.0. The zero-order valence-corrected chi connectivity index (χ0v) is 8.75. The van der Waals surface area contributed by atoms with Gasteiger partial charge in [-0.3, -0.25) is 0 Å². The molecule has 14 heavy (non-hydrogen) atoms. The number of urea groups is 1. The number of carbonyl (C=O) groups excluding carboxylic acids is 1. The minimum absolute atomic E-state index is 0.00484. The average molecular weight is 200 g/mol. The fourth-order valence-corrected chi connectivity index (χ4v) is 1.81. The quantitative estimate of drug-likeness (QED) is 0.632. The van der Waals surface area contributed by atoms with Gasteiger partial charge in [-0.05, 0) is 31.6 Å². The van der Waals surface area contributed by atoms with Gasteiger partial charge in [0.05, 0.1) is 6.61 Å². The zero-order chi connectivity index (χ0) is 10.4. The summed E-state index contributed by atoms with van der Waals surface area (Å²) in [5, 5.41) is 14.0. The van der Waals surface area contributed by atoms with E-state index in [9.17, 15) is 4.79 Å². The minimum atomic E-state index is -0.154. The summed E-state index contributed by atoms with van der Waals surface area (Å²) in [4.78, 5) is 11.2. The Hall–Kier alpha value is -0.770. The molecule has 0 saturated heterocycles. The molecule has 0 bridgehead atoms. The number of hydrogen-bond acceptors (Lipinski definition) is 2. The Morgan fingerprint density at radius 2 is 2.00 bits per heavy atom. The van der Waals surface area contributed by atoms with Crippen molar-refractivity contribution >= 4 is 6.03 Å². The molecular formula is C10H20N2O2. The van der Waals surface area contributed by atoms with Crippen LogP contribution in [0.3, 0.4) is 0 Å². The van der Waals surface area contributed by atoms with Crippen molar-refractivity contribution in [2.24, 2.45) is 5.92 Å². The van der Waals surface area contributed by atoms with Crippen LogP contribution in [-0.4, -0.2) is 30.3 Å². The highest BCUT2D eigenvalue weighted by Gasteiger charge is 2.19. The lowest BCUT2D eigenvalue weighted by Gasteiger charge is -2.26. The van der Waals surface area contributed by atoms with Crippen LogP contribution in [0.15, 0.2) is 0 Å². The van der Waals surface area contributed by atoms with Crippen molar-refractivity contribution in [1.82, 2.24) is 10.6 Å². The predicted octanol–water partition coefficient (Wildman–Crippen LogP) is 0.857. The van der Waals surface area contributed by atoms with Crippen LogP contribution in [0.4, 0.5) is 4.79 Å². The fourth-order valence-electron chi connectivity index (χ4n) is 1.81. The Morgan fingerprint density at radius 1 is 1.36 bits per heavy atom. The second-order valence-electron chi connectivity index (χ2n) is 4.08. The molecular weight excluding hydrogens is 180 g/mol. The molecule has 0 aromatic carbocycles. The zero-order valence-electron chi connectivity index (χ0n) is 8.75. The highest BCUT2D eigenvalue weighted by atomic mass is 16.3. The molecule has 0 spiro atoms. The molecule has 1 aliphatic carbocycles. The number of nitrogens with one attached hydrogen (secondary N) is 2. The van der Waals surface area contributed by atoms with Crippen molar-refractivity contribution in [3.8, 4) is 0 Å². The first kappa shape index (κ1) is 11.3. The summed E-state index contributed by atoms with van der Waals surface area (Å²) in [5.74, 6) is 0.800. The molecule has 1 rings (SSSR count). The van der Waals surface area contributed by atoms with Gasteiger partial charge in [0.25, 0.3) is 0 Å². The molecule has 4 nitrogen and oxygen atoms in total. The number of amides is 2. The lowest BCUT2D eigenvalue weighted by molar-refractivity contribution is 0.223. The van der Waals surface area contributed by atoms with E-state index in [4.69, 9.17) is 5.11 Å². The Labute approximate surface area is 85.1 Å². The van der Waals surface area contributed by atoms with E-state index in [-0.39, 0.29) is 12.6 Å². The maximum atomic E-state index is 11.2. The van der Waals surface area contributed by atoms with E-state index < -0.39 is 0 Å². The molecule has 1 fully saturated rings. The molecule has 82 valence electrons. The molecule has 0 atom stereocenters. The Kier molecular flexibility index (Phi) is 4.73. The van der Waals surface area contributed by atoms with Crippen LogP contribution < -0.4 is 10.6 Å². The van der Waals surface area contributed by atoms with E-state index in [0.29, 0.717) is 12.6 Å². The van der Waals surface area contributed by atoms with Crippen LogP contribution in [0, 0.1) is 5.92 Å². The molecule has 2 amide bonds. The highest BCUT2D eigenvalue weighted by Crippen LogP contribution is 2.23. The second kappa shape index (κ2) is 5.86. The number of aliphatic hydroxyl groups excluding tert-OH is 1. The van der Waals surface area contributed by atoms with E-state index >= 15 is 0 Å². The van der Waals surface area contributed by atoms with Crippen LogP contribution in [-0.2, 0) is 0 Å². The van der Waals surface area contributed by atoms with Crippen molar-refractivity contribution < 1.29 is 9.90 Å². The summed E-state index contributed by atoms with van der Waals surface area (Å²) >= 11 is 0. The third-order valence-electron chi connectivity index (χ3n) is 2.75. The van der Waals surface area contributed by atoms with E-state index in [0.717, 1.165) is 18.8 Å². The minimum Gasteiger partial charge on any atom is -0.395 e. The maximum absolute atomic E-state index is 11.2. The van der Waals surface area contributed by atoms with Crippen molar-refractivity contribution in [3.05, 3.63) is 0 Å². The molecule has 0 heterocycles. The first-order valence-electron chi connectivity index (χ1n) is 5.37. The fraction of sp³-hybridized carbons (Fsp3) is 0.900. The van der Waals surface area contributed by atoms with Gasteiger partial charge in [-0.2, -0.15) is 0 Å². The average Bonchev–Trinajstić information content (AvgIpc) is 2.18. The maximum Gasteiger partial charge on any atom is 0.315 e. The van der Waals surface area contributed by atoms with Crippen molar-refractivity contribution in [2.45, 2.75) is 38.6 Å². The topological polar surface area (TPSA) is 61.4 Å². The summed E-state index contributed by atoms with van der Waals surface area (Å²) in [6.07, 6.45) is 4.55. The molecule has 1 saturated carbocycles. The van der Waals surface area contributed by atoms with Crippen LogP contribution in [0.5, 0.6) is 0 Å². The van der Waals surface area contributed by atoms with Gasteiger partial charge in [-0.15, -0.1) is 0 Å². The Bertz CT molecular complexity index is 177. The van der Waals surface area contributed by atoms with Gasteiger partial charge >= 0.3 is 6.03 Å². The van der Waals surface area contributed by atoms with Gasteiger partial charge in [-0.1, -0.05) is 6.92 Å². The lowest BCUT2D eigenvalue weighted by atomic mass is 9.87. The van der Waals surface area contributed by atoms with Crippen LogP contribution >= 0.6 is 0 Å². The molecule has 0 aliphatic heterocycles. The number of carbonyl (C=O) groups is 1. The van der Waals surface area contributed by atoms with Gasteiger partial charge in [0.2, 0.25) is 0 Å². The monoisotopic (exact) mass is 200 g/mol. The largest absolute Gasteiger partial charge is 0.395 e. The summed E-state index contributed by atoms with van der Waals surface area (Å²) in [6.45, 7) is 2.58. The Balaban J connectivity index is 2.14. The van der Waals surface area contributed by atoms with Crippen molar-refractivity contribution in [3.63, 3.8) is 0 Å². The van der Waals surface area contributed by atoms with Crippen molar-refractivity contribution in [1.29, 1.82) is 0 Å². The molecule has 0 unspecified atom stereocenters. The van der Waals surface area contributed by atoms with Gasteiger partial charge in [0, 0.05) is 12.6 Å². The molecule has 3 N–H and O–H groups in total. The summed E-state index contributed by atoms with van der Waals surface area (Å²) in [5.41, 5.74) is 0. The molecule has 0 radical (unpaired) electrons. The summed E-state index contributed by atoms with van der Waals surface area (Å²) < 4.78 is 0. The third kappa shape index (κ3) is 3.96. The predicted molar refractivity (Wildman–Crippen MR) is 55.0 cm³/mol. The van der Waals surface area contributed by atoms with Gasteiger partial charge in [0.1, 0.15) is 0 Å². The standard InChI is InChI=1S/C10H20N2O2/c1-8-2-4-9(5-3-8)12-10(14)11-6-7-13/h8-9,13H,2-7H2,1H3,(H2,11,12,14). The van der Waals surface area contributed by atoms with Crippen LogP contribution in [0.1, 0.15) is 32.6 Å². The van der Waals surface area contributed by atoms with E-state index in [2.05, 4.69) is 17.6 Å². The van der Waals surface area contributed by atoms with Crippen molar-refractivity contribution in [2.75, 3.05) is 13.2 Å². The second-order valence-corrected chi connectivity index (χ2v) is 4.08. The Morgan fingerprint density at radius 3 is 2.57 bits per heavy atom. The molecule has 1 aliphatic rings. The van der Waals surface area contributed by atoms with Crippen LogP contribution in [0.25, 0.3) is 0 Å². The highest BCUT2D eigenvalue weighted by molar-refractivity contribution is 5.74. The molecule has 0 aromatic rings. The first-order chi connectivity index (χ1) is 6.72. The van der Waals surface area contributed by atoms with Gasteiger partial charge in [-0.25, -0.2) is 4.79 Å².